The summed E-state index contributed by atoms with van der Waals surface area (Å²) in [7, 11) is 1.82. The van der Waals surface area contributed by atoms with Gasteiger partial charge in [0.05, 0.1) is 24.0 Å². The molecule has 0 aromatic carbocycles. The first-order valence-electron chi connectivity index (χ1n) is 7.34. The molecule has 1 fully saturated rings. The van der Waals surface area contributed by atoms with Crippen LogP contribution in [0.1, 0.15) is 24.6 Å². The zero-order valence-corrected chi connectivity index (χ0v) is 14.2. The van der Waals surface area contributed by atoms with E-state index in [9.17, 15) is 9.90 Å². The highest BCUT2D eigenvalue weighted by Crippen LogP contribution is 2.24. The van der Waals surface area contributed by atoms with E-state index in [0.29, 0.717) is 19.0 Å². The van der Waals surface area contributed by atoms with Gasteiger partial charge in [0.15, 0.2) is 0 Å². The Morgan fingerprint density at radius 2 is 2.33 bits per heavy atom. The molecule has 1 aliphatic heterocycles. The molecule has 21 heavy (non-hydrogen) atoms. The van der Waals surface area contributed by atoms with Gasteiger partial charge < -0.3 is 10.0 Å². The predicted molar refractivity (Wildman–Crippen MR) is 86.6 cm³/mol. The Morgan fingerprint density at radius 3 is 2.95 bits per heavy atom. The molecule has 0 spiro atoms. The van der Waals surface area contributed by atoms with Gasteiger partial charge in [-0.3, -0.25) is 9.69 Å². The first-order chi connectivity index (χ1) is 10.0. The second-order valence-electron chi connectivity index (χ2n) is 5.80. The fourth-order valence-electron chi connectivity index (χ4n) is 2.88. The smallest absolute Gasteiger partial charge is 0.236 e. The predicted octanol–water partition coefficient (Wildman–Crippen LogP) is 2.45. The van der Waals surface area contributed by atoms with Crippen molar-refractivity contribution in [3.8, 4) is 0 Å². The Morgan fingerprint density at radius 1 is 1.57 bits per heavy atom. The van der Waals surface area contributed by atoms with Crippen LogP contribution in [0.25, 0.3) is 0 Å². The zero-order valence-electron chi connectivity index (χ0n) is 12.6. The van der Waals surface area contributed by atoms with Gasteiger partial charge in [-0.2, -0.15) is 0 Å². The largest absolute Gasteiger partial charge is 0.395 e. The summed E-state index contributed by atoms with van der Waals surface area (Å²) < 4.78 is 0.746. The van der Waals surface area contributed by atoms with Crippen molar-refractivity contribution in [2.24, 2.45) is 5.92 Å². The van der Waals surface area contributed by atoms with Crippen LogP contribution in [0.5, 0.6) is 0 Å². The number of piperidine rings is 1. The number of likely N-dealkylation sites (N-methyl/N-ethyl adjacent to an activating group) is 1. The molecule has 0 aliphatic carbocycles. The van der Waals surface area contributed by atoms with Crippen molar-refractivity contribution in [2.45, 2.75) is 32.4 Å². The lowest BCUT2D eigenvalue weighted by Gasteiger charge is -2.39. The van der Waals surface area contributed by atoms with Gasteiger partial charge in [-0.1, -0.05) is 18.5 Å². The van der Waals surface area contributed by atoms with Crippen molar-refractivity contribution < 1.29 is 9.90 Å². The van der Waals surface area contributed by atoms with Crippen LogP contribution >= 0.6 is 22.9 Å². The van der Waals surface area contributed by atoms with Crippen molar-refractivity contribution in [3.05, 3.63) is 21.3 Å². The molecule has 0 bridgehead atoms. The highest BCUT2D eigenvalue weighted by molar-refractivity contribution is 7.16. The van der Waals surface area contributed by atoms with Crippen molar-refractivity contribution in [1.29, 1.82) is 0 Å². The average molecular weight is 331 g/mol. The quantitative estimate of drug-likeness (QED) is 0.902. The number of carbonyl (C=O) groups excluding carboxylic acids is 1. The molecule has 2 rings (SSSR count). The van der Waals surface area contributed by atoms with Crippen molar-refractivity contribution in [1.82, 2.24) is 9.80 Å². The minimum atomic E-state index is 0.0899. The first kappa shape index (κ1) is 16.7. The summed E-state index contributed by atoms with van der Waals surface area (Å²) in [6.07, 6.45) is 2.22. The molecule has 0 saturated carbocycles. The number of aliphatic hydroxyl groups is 1. The minimum absolute atomic E-state index is 0.0899. The zero-order chi connectivity index (χ0) is 15.4. The van der Waals surface area contributed by atoms with E-state index in [0.717, 1.165) is 28.6 Å². The van der Waals surface area contributed by atoms with Gasteiger partial charge in [-0.25, -0.2) is 0 Å². The number of halogens is 1. The highest BCUT2D eigenvalue weighted by Gasteiger charge is 2.29. The second kappa shape index (κ2) is 7.58. The lowest BCUT2D eigenvalue weighted by molar-refractivity contribution is -0.133. The molecule has 118 valence electrons. The lowest BCUT2D eigenvalue weighted by atomic mass is 9.91. The topological polar surface area (TPSA) is 43.8 Å². The van der Waals surface area contributed by atoms with E-state index in [2.05, 4.69) is 11.8 Å². The van der Waals surface area contributed by atoms with Gasteiger partial charge in [-0.05, 0) is 37.4 Å². The van der Waals surface area contributed by atoms with Crippen LogP contribution in [0.2, 0.25) is 4.34 Å². The van der Waals surface area contributed by atoms with Gasteiger partial charge >= 0.3 is 0 Å². The maximum absolute atomic E-state index is 12.4. The lowest BCUT2D eigenvalue weighted by Crippen LogP contribution is -2.50. The molecule has 2 atom stereocenters. The summed E-state index contributed by atoms with van der Waals surface area (Å²) in [6, 6.07) is 3.91. The van der Waals surface area contributed by atoms with Crippen LogP contribution in [0, 0.1) is 5.92 Å². The van der Waals surface area contributed by atoms with E-state index in [4.69, 9.17) is 11.6 Å². The molecular formula is C15H23ClN2O2S. The van der Waals surface area contributed by atoms with Crippen molar-refractivity contribution >= 4 is 28.8 Å². The summed E-state index contributed by atoms with van der Waals surface area (Å²) in [6.45, 7) is 4.13. The first-order valence-corrected chi connectivity index (χ1v) is 8.53. The van der Waals surface area contributed by atoms with Crippen LogP contribution in [0.4, 0.5) is 0 Å². The molecule has 1 amide bonds. The molecule has 1 aromatic heterocycles. The Balaban J connectivity index is 1.90. The molecule has 2 heterocycles. The van der Waals surface area contributed by atoms with E-state index < -0.39 is 0 Å². The Kier molecular flexibility index (Phi) is 6.05. The molecule has 0 radical (unpaired) electrons. The molecular weight excluding hydrogens is 308 g/mol. The van der Waals surface area contributed by atoms with Crippen LogP contribution in [0.15, 0.2) is 12.1 Å². The van der Waals surface area contributed by atoms with Crippen LogP contribution in [-0.2, 0) is 11.3 Å². The van der Waals surface area contributed by atoms with Gasteiger partial charge in [0.1, 0.15) is 0 Å². The minimum Gasteiger partial charge on any atom is -0.395 e. The molecule has 1 aromatic rings. The number of aliphatic hydroxyl groups excluding tert-OH is 1. The normalized spacial score (nSPS) is 23.2. The van der Waals surface area contributed by atoms with Crippen LogP contribution < -0.4 is 0 Å². The van der Waals surface area contributed by atoms with E-state index in [1.807, 2.05) is 19.2 Å². The van der Waals surface area contributed by atoms with Crippen LogP contribution in [0.3, 0.4) is 0 Å². The second-order valence-corrected chi connectivity index (χ2v) is 7.60. The fraction of sp³-hybridized carbons (Fsp3) is 0.667. The summed E-state index contributed by atoms with van der Waals surface area (Å²) in [5.41, 5.74) is 0. The molecule has 2 unspecified atom stereocenters. The van der Waals surface area contributed by atoms with E-state index >= 15 is 0 Å². The average Bonchev–Trinajstić information content (AvgIpc) is 2.84. The monoisotopic (exact) mass is 330 g/mol. The van der Waals surface area contributed by atoms with E-state index in [1.165, 1.54) is 11.3 Å². The number of rotatable bonds is 5. The Hall–Kier alpha value is -0.620. The third-order valence-electron chi connectivity index (χ3n) is 4.20. The molecule has 1 aliphatic rings. The third kappa shape index (κ3) is 4.42. The van der Waals surface area contributed by atoms with Crippen LogP contribution in [-0.4, -0.2) is 53.6 Å². The standard InChI is InChI=1S/C15H23ClN2O2S/c1-11-4-3-7-18(13(11)10-19)9-15(20)17(2)8-12-5-6-14(16)21-12/h5-6,11,13,19H,3-4,7-10H2,1-2H3. The Bertz CT molecular complexity index is 480. The fourth-order valence-corrected chi connectivity index (χ4v) is 4.02. The maximum Gasteiger partial charge on any atom is 0.236 e. The van der Waals surface area contributed by atoms with Gasteiger partial charge in [-0.15, -0.1) is 11.3 Å². The molecule has 1 saturated heterocycles. The molecule has 6 heteroatoms. The molecule has 1 N–H and O–H groups in total. The highest BCUT2D eigenvalue weighted by atomic mass is 35.5. The van der Waals surface area contributed by atoms with Crippen molar-refractivity contribution in [2.75, 3.05) is 26.7 Å². The number of hydrogen-bond donors (Lipinski definition) is 1. The van der Waals surface area contributed by atoms with Crippen molar-refractivity contribution in [3.63, 3.8) is 0 Å². The summed E-state index contributed by atoms with van der Waals surface area (Å²) >= 11 is 7.41. The number of nitrogens with zero attached hydrogens (tertiary/aromatic N) is 2. The third-order valence-corrected chi connectivity index (χ3v) is 5.42. The number of likely N-dealkylation sites (tertiary alicyclic amines) is 1. The maximum atomic E-state index is 12.4. The number of thiophene rings is 1. The van der Waals surface area contributed by atoms with Gasteiger partial charge in [0.2, 0.25) is 5.91 Å². The summed E-state index contributed by atoms with van der Waals surface area (Å²) in [5, 5.41) is 9.54. The summed E-state index contributed by atoms with van der Waals surface area (Å²) in [5.74, 6) is 0.532. The number of hydrogen-bond acceptors (Lipinski definition) is 4. The number of amides is 1. The number of carbonyl (C=O) groups is 1. The SMILES string of the molecule is CC1CCCN(CC(=O)N(C)Cc2ccc(Cl)s2)C1CO. The molecule has 4 nitrogen and oxygen atoms in total. The van der Waals surface area contributed by atoms with Gasteiger partial charge in [0, 0.05) is 18.0 Å². The summed E-state index contributed by atoms with van der Waals surface area (Å²) in [4.78, 5) is 17.3. The van der Waals surface area contributed by atoms with E-state index in [1.54, 1.807) is 4.90 Å². The Labute approximate surface area is 135 Å². The van der Waals surface area contributed by atoms with Gasteiger partial charge in [0.25, 0.3) is 0 Å². The van der Waals surface area contributed by atoms with E-state index in [-0.39, 0.29) is 18.6 Å².